The molecule has 0 aliphatic carbocycles. The number of halogens is 2. The third-order valence-corrected chi connectivity index (χ3v) is 3.10. The first-order valence-electron chi connectivity index (χ1n) is 5.30. The number of carboxylic acid groups (broad SMARTS) is 1. The van der Waals surface area contributed by atoms with E-state index in [1.165, 1.54) is 12.1 Å². The van der Waals surface area contributed by atoms with E-state index in [1.54, 1.807) is 4.90 Å². The zero-order valence-electron chi connectivity index (χ0n) is 9.27. The number of carbonyl (C=O) groups is 2. The molecule has 7 heteroatoms. The molecule has 2 heterocycles. The van der Waals surface area contributed by atoms with E-state index in [0.717, 1.165) is 0 Å². The lowest BCUT2D eigenvalue weighted by Gasteiger charge is -2.38. The van der Waals surface area contributed by atoms with Crippen LogP contribution in [0.15, 0.2) is 12.1 Å². The minimum atomic E-state index is -0.845. The van der Waals surface area contributed by atoms with Crippen molar-refractivity contribution >= 4 is 35.1 Å². The fourth-order valence-corrected chi connectivity index (χ4v) is 2.34. The smallest absolute Gasteiger partial charge is 0.303 e. The van der Waals surface area contributed by atoms with Gasteiger partial charge >= 0.3 is 5.97 Å². The molecule has 1 saturated heterocycles. The molecule has 96 valence electrons. The summed E-state index contributed by atoms with van der Waals surface area (Å²) in [7, 11) is 0. The molecule has 1 fully saturated rings. The molecule has 1 aliphatic rings. The van der Waals surface area contributed by atoms with Gasteiger partial charge in [0, 0.05) is 24.6 Å². The predicted molar refractivity (Wildman–Crippen MR) is 65.9 cm³/mol. The molecule has 0 spiro atoms. The topological polar surface area (TPSA) is 70.5 Å². The first kappa shape index (κ1) is 13.1. The number of aromatic nitrogens is 1. The number of nitrogens with zero attached hydrogens (tertiary/aromatic N) is 2. The Kier molecular flexibility index (Phi) is 3.73. The van der Waals surface area contributed by atoms with Crippen LogP contribution >= 0.6 is 23.2 Å². The largest absolute Gasteiger partial charge is 0.481 e. The van der Waals surface area contributed by atoms with Crippen molar-refractivity contribution in [1.29, 1.82) is 0 Å². The molecular formula is C11H10Cl2N2O3. The Labute approximate surface area is 113 Å². The minimum absolute atomic E-state index is 0.0271. The summed E-state index contributed by atoms with van der Waals surface area (Å²) in [5.74, 6) is -1.02. The Hall–Kier alpha value is -1.33. The summed E-state index contributed by atoms with van der Waals surface area (Å²) in [6, 6.07) is 2.89. The van der Waals surface area contributed by atoms with Crippen LogP contribution in [-0.4, -0.2) is 40.0 Å². The Morgan fingerprint density at radius 1 is 1.33 bits per heavy atom. The number of pyridine rings is 1. The molecule has 0 bridgehead atoms. The number of carboxylic acids is 1. The van der Waals surface area contributed by atoms with Crippen LogP contribution in [-0.2, 0) is 4.79 Å². The van der Waals surface area contributed by atoms with Crippen molar-refractivity contribution in [3.8, 4) is 0 Å². The minimum Gasteiger partial charge on any atom is -0.481 e. The van der Waals surface area contributed by atoms with Gasteiger partial charge in [0.1, 0.15) is 10.3 Å². The highest BCUT2D eigenvalue weighted by Gasteiger charge is 2.32. The monoisotopic (exact) mass is 288 g/mol. The van der Waals surface area contributed by atoms with Gasteiger partial charge in [-0.15, -0.1) is 0 Å². The van der Waals surface area contributed by atoms with Gasteiger partial charge in [-0.05, 0) is 12.1 Å². The van der Waals surface area contributed by atoms with Crippen LogP contribution in [0.3, 0.4) is 0 Å². The van der Waals surface area contributed by atoms with Gasteiger partial charge < -0.3 is 10.0 Å². The molecule has 0 atom stereocenters. The summed E-state index contributed by atoms with van der Waals surface area (Å²) in [5, 5.41) is 8.94. The first-order valence-corrected chi connectivity index (χ1v) is 6.05. The van der Waals surface area contributed by atoms with E-state index in [1.807, 2.05) is 0 Å². The van der Waals surface area contributed by atoms with Crippen LogP contribution < -0.4 is 0 Å². The molecule has 5 nitrogen and oxygen atoms in total. The summed E-state index contributed by atoms with van der Waals surface area (Å²) in [4.78, 5) is 27.8. The van der Waals surface area contributed by atoms with E-state index in [-0.39, 0.29) is 28.6 Å². The number of rotatable bonds is 3. The van der Waals surface area contributed by atoms with E-state index in [2.05, 4.69) is 4.98 Å². The lowest BCUT2D eigenvalue weighted by Crippen LogP contribution is -2.50. The second-order valence-electron chi connectivity index (χ2n) is 4.18. The highest BCUT2D eigenvalue weighted by molar-refractivity contribution is 6.33. The number of aliphatic carboxylic acids is 1. The number of likely N-dealkylation sites (tertiary alicyclic amines) is 1. The SMILES string of the molecule is O=C(O)CC1CN(C(=O)c2cc(Cl)nc(Cl)c2)C1. The molecular weight excluding hydrogens is 279 g/mol. The summed E-state index contributed by atoms with van der Waals surface area (Å²) in [6.07, 6.45) is 0.0850. The van der Waals surface area contributed by atoms with Gasteiger partial charge in [0.2, 0.25) is 0 Å². The lowest BCUT2D eigenvalue weighted by molar-refractivity contribution is -0.139. The number of hydrogen-bond acceptors (Lipinski definition) is 3. The molecule has 0 radical (unpaired) electrons. The van der Waals surface area contributed by atoms with Crippen molar-refractivity contribution in [2.75, 3.05) is 13.1 Å². The highest BCUT2D eigenvalue weighted by Crippen LogP contribution is 2.23. The second kappa shape index (κ2) is 5.12. The second-order valence-corrected chi connectivity index (χ2v) is 4.95. The van der Waals surface area contributed by atoms with Gasteiger partial charge in [-0.1, -0.05) is 23.2 Å². The van der Waals surface area contributed by atoms with Crippen LogP contribution in [0.2, 0.25) is 10.3 Å². The fourth-order valence-electron chi connectivity index (χ4n) is 1.88. The van der Waals surface area contributed by atoms with Crippen LogP contribution in [0.1, 0.15) is 16.8 Å². The van der Waals surface area contributed by atoms with Gasteiger partial charge in [0.15, 0.2) is 0 Å². The van der Waals surface area contributed by atoms with Gasteiger partial charge in [0.05, 0.1) is 6.42 Å². The molecule has 18 heavy (non-hydrogen) atoms. The maximum absolute atomic E-state index is 12.0. The lowest BCUT2D eigenvalue weighted by atomic mass is 9.95. The third-order valence-electron chi connectivity index (χ3n) is 2.72. The summed E-state index contributed by atoms with van der Waals surface area (Å²) in [6.45, 7) is 0.894. The fraction of sp³-hybridized carbons (Fsp3) is 0.364. The Morgan fingerprint density at radius 3 is 2.39 bits per heavy atom. The summed E-state index contributed by atoms with van der Waals surface area (Å²) < 4.78 is 0. The highest BCUT2D eigenvalue weighted by atomic mass is 35.5. The van der Waals surface area contributed by atoms with E-state index < -0.39 is 5.97 Å². The standard InChI is InChI=1S/C11H10Cl2N2O3/c12-8-2-7(3-9(13)14-8)11(18)15-4-6(5-15)1-10(16)17/h2-3,6H,1,4-5H2,(H,16,17). The number of carbonyl (C=O) groups excluding carboxylic acids is 1. The molecule has 0 aromatic carbocycles. The molecule has 1 amide bonds. The average Bonchev–Trinajstić information content (AvgIpc) is 2.20. The normalized spacial score (nSPS) is 15.3. The van der Waals surface area contributed by atoms with Crippen LogP contribution in [0.4, 0.5) is 0 Å². The van der Waals surface area contributed by atoms with Crippen molar-refractivity contribution in [2.24, 2.45) is 5.92 Å². The van der Waals surface area contributed by atoms with Crippen molar-refractivity contribution in [2.45, 2.75) is 6.42 Å². The van der Waals surface area contributed by atoms with Crippen LogP contribution in [0, 0.1) is 5.92 Å². The van der Waals surface area contributed by atoms with Crippen LogP contribution in [0.25, 0.3) is 0 Å². The van der Waals surface area contributed by atoms with Gasteiger partial charge in [0.25, 0.3) is 5.91 Å². The molecule has 1 aromatic heterocycles. The van der Waals surface area contributed by atoms with Crippen molar-refractivity contribution in [3.05, 3.63) is 28.0 Å². The average molecular weight is 289 g/mol. The molecule has 2 rings (SSSR count). The van der Waals surface area contributed by atoms with E-state index in [4.69, 9.17) is 28.3 Å². The van der Waals surface area contributed by atoms with E-state index in [0.29, 0.717) is 18.7 Å². The number of hydrogen-bond donors (Lipinski definition) is 1. The van der Waals surface area contributed by atoms with Crippen molar-refractivity contribution < 1.29 is 14.7 Å². The first-order chi connectivity index (χ1) is 8.45. The molecule has 1 N–H and O–H groups in total. The molecule has 0 unspecified atom stereocenters. The van der Waals surface area contributed by atoms with Crippen LogP contribution in [0.5, 0.6) is 0 Å². The van der Waals surface area contributed by atoms with E-state index in [9.17, 15) is 9.59 Å². The van der Waals surface area contributed by atoms with Crippen molar-refractivity contribution in [3.63, 3.8) is 0 Å². The van der Waals surface area contributed by atoms with Gasteiger partial charge in [-0.25, -0.2) is 4.98 Å². The summed E-state index contributed by atoms with van der Waals surface area (Å²) >= 11 is 11.4. The van der Waals surface area contributed by atoms with Gasteiger partial charge in [-0.2, -0.15) is 0 Å². The Morgan fingerprint density at radius 2 is 1.89 bits per heavy atom. The quantitative estimate of drug-likeness (QED) is 0.863. The maximum Gasteiger partial charge on any atom is 0.303 e. The zero-order valence-corrected chi connectivity index (χ0v) is 10.8. The third kappa shape index (κ3) is 2.91. The molecule has 0 saturated carbocycles. The Bertz CT molecular complexity index is 481. The van der Waals surface area contributed by atoms with Gasteiger partial charge in [-0.3, -0.25) is 9.59 Å². The summed E-state index contributed by atoms with van der Waals surface area (Å²) in [5.41, 5.74) is 0.369. The maximum atomic E-state index is 12.0. The molecule has 1 aliphatic heterocycles. The predicted octanol–water partition coefficient (Wildman–Crippen LogP) is 1.94. The Balaban J connectivity index is 1.99. The van der Waals surface area contributed by atoms with E-state index >= 15 is 0 Å². The van der Waals surface area contributed by atoms with Crippen molar-refractivity contribution in [1.82, 2.24) is 9.88 Å². The molecule has 1 aromatic rings. The zero-order chi connectivity index (χ0) is 13.3. The number of amides is 1.